The summed E-state index contributed by atoms with van der Waals surface area (Å²) >= 11 is 0. The van der Waals surface area contributed by atoms with Crippen molar-refractivity contribution in [1.82, 2.24) is 9.88 Å². The van der Waals surface area contributed by atoms with Crippen LogP contribution < -0.4 is 10.6 Å². The molecule has 1 fully saturated rings. The highest BCUT2D eigenvalue weighted by Crippen LogP contribution is 2.21. The van der Waals surface area contributed by atoms with E-state index in [0.29, 0.717) is 12.6 Å². The molecule has 1 aliphatic heterocycles. The van der Waals surface area contributed by atoms with E-state index < -0.39 is 0 Å². The Morgan fingerprint density at radius 3 is 2.67 bits per heavy atom. The maximum Gasteiger partial charge on any atom is 0.0443 e. The lowest BCUT2D eigenvalue weighted by atomic mass is 10.1. The van der Waals surface area contributed by atoms with Crippen LogP contribution in [0.2, 0.25) is 0 Å². The smallest absolute Gasteiger partial charge is 0.0443 e. The summed E-state index contributed by atoms with van der Waals surface area (Å²) < 4.78 is 0. The van der Waals surface area contributed by atoms with E-state index in [1.165, 1.54) is 12.1 Å². The van der Waals surface area contributed by atoms with E-state index in [2.05, 4.69) is 34.7 Å². The van der Waals surface area contributed by atoms with Gasteiger partial charge in [0.2, 0.25) is 0 Å². The van der Waals surface area contributed by atoms with E-state index in [4.69, 9.17) is 5.73 Å². The molecule has 4 nitrogen and oxygen atoms in total. The second-order valence-corrected chi connectivity index (χ2v) is 4.99. The number of rotatable bonds is 4. The molecule has 18 heavy (non-hydrogen) atoms. The first-order valence-corrected chi connectivity index (χ1v) is 6.88. The number of anilines is 1. The predicted octanol–water partition coefficient (Wildman–Crippen LogP) is 1.46. The van der Waals surface area contributed by atoms with Crippen molar-refractivity contribution in [3.05, 3.63) is 24.0 Å². The van der Waals surface area contributed by atoms with Crippen LogP contribution in [-0.4, -0.2) is 42.1 Å². The van der Waals surface area contributed by atoms with E-state index in [1.807, 2.05) is 12.4 Å². The van der Waals surface area contributed by atoms with Gasteiger partial charge in [-0.15, -0.1) is 0 Å². The van der Waals surface area contributed by atoms with Gasteiger partial charge in [0.1, 0.15) is 0 Å². The van der Waals surface area contributed by atoms with E-state index in [9.17, 15) is 0 Å². The van der Waals surface area contributed by atoms with Crippen molar-refractivity contribution in [2.45, 2.75) is 32.9 Å². The Kier molecular flexibility index (Phi) is 4.55. The molecule has 1 unspecified atom stereocenters. The van der Waals surface area contributed by atoms with Gasteiger partial charge >= 0.3 is 0 Å². The molecule has 0 spiro atoms. The minimum atomic E-state index is 0.564. The number of hydrogen-bond donors (Lipinski definition) is 1. The Morgan fingerprint density at radius 2 is 2.06 bits per heavy atom. The highest BCUT2D eigenvalue weighted by molar-refractivity contribution is 5.52. The Hall–Kier alpha value is -1.13. The monoisotopic (exact) mass is 248 g/mol. The zero-order valence-corrected chi connectivity index (χ0v) is 11.5. The first kappa shape index (κ1) is 13.3. The normalized spacial score (nSPS) is 18.9. The number of nitrogens with two attached hydrogens (primary N) is 1. The lowest BCUT2D eigenvalue weighted by molar-refractivity contribution is 0.192. The van der Waals surface area contributed by atoms with Crippen LogP contribution in [0.4, 0.5) is 5.69 Å². The molecule has 0 aromatic carbocycles. The Bertz CT molecular complexity index is 372. The van der Waals surface area contributed by atoms with Crippen LogP contribution in [0.1, 0.15) is 25.8 Å². The Labute approximate surface area is 110 Å². The van der Waals surface area contributed by atoms with Crippen molar-refractivity contribution in [3.63, 3.8) is 0 Å². The predicted molar refractivity (Wildman–Crippen MR) is 75.7 cm³/mol. The van der Waals surface area contributed by atoms with Gasteiger partial charge in [-0.3, -0.25) is 9.88 Å². The average Bonchev–Trinajstić information content (AvgIpc) is 2.46. The van der Waals surface area contributed by atoms with Gasteiger partial charge in [0.05, 0.1) is 0 Å². The largest absolute Gasteiger partial charge is 0.369 e. The van der Waals surface area contributed by atoms with Crippen molar-refractivity contribution in [2.75, 3.05) is 31.1 Å². The molecule has 0 bridgehead atoms. The maximum absolute atomic E-state index is 5.78. The Morgan fingerprint density at radius 1 is 1.33 bits per heavy atom. The summed E-state index contributed by atoms with van der Waals surface area (Å²) in [6.07, 6.45) is 4.97. The van der Waals surface area contributed by atoms with Crippen molar-refractivity contribution in [2.24, 2.45) is 5.73 Å². The molecule has 1 atom stereocenters. The summed E-state index contributed by atoms with van der Waals surface area (Å²) in [6.45, 7) is 9.58. The first-order valence-electron chi connectivity index (χ1n) is 6.88. The second kappa shape index (κ2) is 6.16. The molecule has 0 amide bonds. The molecule has 1 aliphatic rings. The molecule has 1 aromatic heterocycles. The van der Waals surface area contributed by atoms with E-state index in [-0.39, 0.29) is 0 Å². The number of piperazine rings is 1. The van der Waals surface area contributed by atoms with Gasteiger partial charge in [-0.05, 0) is 19.4 Å². The zero-order chi connectivity index (χ0) is 13.0. The van der Waals surface area contributed by atoms with Crippen LogP contribution in [0.3, 0.4) is 0 Å². The Balaban J connectivity index is 2.01. The molecule has 2 rings (SSSR count). The summed E-state index contributed by atoms with van der Waals surface area (Å²) in [6, 6.07) is 2.78. The fourth-order valence-corrected chi connectivity index (χ4v) is 2.55. The molecule has 0 saturated carbocycles. The molecular weight excluding hydrogens is 224 g/mol. The first-order chi connectivity index (χ1) is 8.76. The van der Waals surface area contributed by atoms with Crippen molar-refractivity contribution >= 4 is 5.69 Å². The SMILES string of the molecule is CCC(C)N1CCN(c2ccncc2CN)CC1. The van der Waals surface area contributed by atoms with E-state index in [0.717, 1.165) is 31.7 Å². The molecule has 2 heterocycles. The lowest BCUT2D eigenvalue weighted by Gasteiger charge is -2.39. The number of pyridine rings is 1. The summed E-state index contributed by atoms with van der Waals surface area (Å²) in [4.78, 5) is 9.15. The minimum Gasteiger partial charge on any atom is -0.369 e. The molecule has 1 saturated heterocycles. The molecule has 4 heteroatoms. The van der Waals surface area contributed by atoms with Crippen LogP contribution >= 0.6 is 0 Å². The van der Waals surface area contributed by atoms with Gasteiger partial charge in [-0.1, -0.05) is 6.92 Å². The second-order valence-electron chi connectivity index (χ2n) is 4.99. The highest BCUT2D eigenvalue weighted by Gasteiger charge is 2.21. The molecular formula is C14H24N4. The third-order valence-corrected chi connectivity index (χ3v) is 3.97. The standard InChI is InChI=1S/C14H24N4/c1-3-12(2)17-6-8-18(9-7-17)14-4-5-16-11-13(14)10-15/h4-5,11-12H,3,6-10,15H2,1-2H3. The van der Waals surface area contributed by atoms with Crippen LogP contribution in [0.5, 0.6) is 0 Å². The third kappa shape index (κ3) is 2.82. The highest BCUT2D eigenvalue weighted by atomic mass is 15.3. The average molecular weight is 248 g/mol. The van der Waals surface area contributed by atoms with Gasteiger partial charge in [0.25, 0.3) is 0 Å². The van der Waals surface area contributed by atoms with Gasteiger partial charge < -0.3 is 10.6 Å². The zero-order valence-electron chi connectivity index (χ0n) is 11.5. The van der Waals surface area contributed by atoms with Gasteiger partial charge in [0, 0.05) is 62.4 Å². The molecule has 100 valence electrons. The summed E-state index contributed by atoms with van der Waals surface area (Å²) in [5.41, 5.74) is 8.19. The van der Waals surface area contributed by atoms with Crippen molar-refractivity contribution < 1.29 is 0 Å². The molecule has 0 radical (unpaired) electrons. The van der Waals surface area contributed by atoms with Crippen LogP contribution in [0, 0.1) is 0 Å². The fourth-order valence-electron chi connectivity index (χ4n) is 2.55. The van der Waals surface area contributed by atoms with Crippen molar-refractivity contribution in [1.29, 1.82) is 0 Å². The van der Waals surface area contributed by atoms with Gasteiger partial charge in [-0.2, -0.15) is 0 Å². The molecule has 1 aromatic rings. The van der Waals surface area contributed by atoms with Crippen LogP contribution in [-0.2, 0) is 6.54 Å². The van der Waals surface area contributed by atoms with E-state index >= 15 is 0 Å². The number of nitrogens with zero attached hydrogens (tertiary/aromatic N) is 3. The maximum atomic E-state index is 5.78. The summed E-state index contributed by atoms with van der Waals surface area (Å²) in [7, 11) is 0. The summed E-state index contributed by atoms with van der Waals surface area (Å²) in [5.74, 6) is 0. The summed E-state index contributed by atoms with van der Waals surface area (Å²) in [5, 5.41) is 0. The minimum absolute atomic E-state index is 0.564. The van der Waals surface area contributed by atoms with Gasteiger partial charge in [-0.25, -0.2) is 0 Å². The van der Waals surface area contributed by atoms with Crippen LogP contribution in [0.25, 0.3) is 0 Å². The molecule has 2 N–H and O–H groups in total. The van der Waals surface area contributed by atoms with Gasteiger partial charge in [0.15, 0.2) is 0 Å². The van der Waals surface area contributed by atoms with Crippen molar-refractivity contribution in [3.8, 4) is 0 Å². The number of aromatic nitrogens is 1. The molecule has 0 aliphatic carbocycles. The lowest BCUT2D eigenvalue weighted by Crippen LogP contribution is -2.49. The van der Waals surface area contributed by atoms with E-state index in [1.54, 1.807) is 0 Å². The fraction of sp³-hybridized carbons (Fsp3) is 0.643. The number of hydrogen-bond acceptors (Lipinski definition) is 4. The third-order valence-electron chi connectivity index (χ3n) is 3.97. The van der Waals surface area contributed by atoms with Crippen LogP contribution in [0.15, 0.2) is 18.5 Å². The quantitative estimate of drug-likeness (QED) is 0.876. The topological polar surface area (TPSA) is 45.4 Å².